The summed E-state index contributed by atoms with van der Waals surface area (Å²) in [6, 6.07) is 4.93. The summed E-state index contributed by atoms with van der Waals surface area (Å²) in [4.78, 5) is 17.4. The molecule has 1 fully saturated rings. The molecule has 1 N–H and O–H groups in total. The first-order chi connectivity index (χ1) is 16.1. The van der Waals surface area contributed by atoms with Gasteiger partial charge in [-0.05, 0) is 49.8 Å². The van der Waals surface area contributed by atoms with Gasteiger partial charge < -0.3 is 19.1 Å². The lowest BCUT2D eigenvalue weighted by Gasteiger charge is -2.38. The molecule has 1 saturated heterocycles. The van der Waals surface area contributed by atoms with Crippen molar-refractivity contribution in [2.45, 2.75) is 38.8 Å². The summed E-state index contributed by atoms with van der Waals surface area (Å²) in [7, 11) is -0.0611. The predicted octanol–water partition coefficient (Wildman–Crippen LogP) is 2.29. The minimum atomic E-state index is -3.48. The summed E-state index contributed by atoms with van der Waals surface area (Å²) in [5, 5.41) is 0. The highest BCUT2D eigenvalue weighted by molar-refractivity contribution is 7.92. The van der Waals surface area contributed by atoms with E-state index in [0.29, 0.717) is 36.1 Å². The van der Waals surface area contributed by atoms with E-state index in [-0.39, 0.29) is 24.0 Å². The second kappa shape index (κ2) is 11.7. The minimum absolute atomic E-state index is 0.122. The van der Waals surface area contributed by atoms with Gasteiger partial charge in [-0.2, -0.15) is 0 Å². The number of anilines is 1. The van der Waals surface area contributed by atoms with Gasteiger partial charge in [-0.15, -0.1) is 0 Å². The Hall–Kier alpha value is -1.88. The Morgan fingerprint density at radius 2 is 1.88 bits per heavy atom. The summed E-state index contributed by atoms with van der Waals surface area (Å²) < 4.78 is 43.4. The minimum Gasteiger partial charge on any atom is -0.491 e. The quantitative estimate of drug-likeness (QED) is 0.667. The number of fused-ring (bicyclic) bond motifs is 1. The largest absolute Gasteiger partial charge is 0.491 e. The van der Waals surface area contributed by atoms with Crippen molar-refractivity contribution in [2.24, 2.45) is 11.8 Å². The number of methoxy groups -OCH3 is 1. The number of benzene rings is 1. The van der Waals surface area contributed by atoms with Gasteiger partial charge in [0.15, 0.2) is 0 Å². The van der Waals surface area contributed by atoms with E-state index in [1.165, 1.54) is 6.07 Å². The Balaban J connectivity index is 1.91. The Labute approximate surface area is 203 Å². The Morgan fingerprint density at radius 1 is 1.18 bits per heavy atom. The van der Waals surface area contributed by atoms with Crippen molar-refractivity contribution in [3.05, 3.63) is 23.8 Å². The van der Waals surface area contributed by atoms with Gasteiger partial charge in [0.2, 0.25) is 10.0 Å². The van der Waals surface area contributed by atoms with Gasteiger partial charge in [-0.25, -0.2) is 8.42 Å². The van der Waals surface area contributed by atoms with E-state index < -0.39 is 10.0 Å². The average molecular weight is 498 g/mol. The van der Waals surface area contributed by atoms with Crippen LogP contribution in [0.25, 0.3) is 0 Å². The van der Waals surface area contributed by atoms with E-state index >= 15 is 0 Å². The topological polar surface area (TPSA) is 97.4 Å². The molecule has 0 bridgehead atoms. The molecule has 2 heterocycles. The van der Waals surface area contributed by atoms with E-state index in [1.807, 2.05) is 0 Å². The number of nitrogens with zero attached hydrogens (tertiary/aromatic N) is 2. The van der Waals surface area contributed by atoms with Crippen molar-refractivity contribution in [1.29, 1.82) is 0 Å². The molecule has 0 aliphatic carbocycles. The van der Waals surface area contributed by atoms with Crippen molar-refractivity contribution >= 4 is 21.6 Å². The Morgan fingerprint density at radius 3 is 2.53 bits per heavy atom. The van der Waals surface area contributed by atoms with Crippen LogP contribution in [0.1, 0.15) is 37.0 Å². The molecule has 0 unspecified atom stereocenters. The van der Waals surface area contributed by atoms with Gasteiger partial charge in [-0.1, -0.05) is 6.92 Å². The SMILES string of the molecule is CO[C@H]1CN(C)C(=O)c2cc(NS(C)(=O)=O)ccc2OC[C@H](C)N(CC2CCOCC2)C[C@H]1C. The molecule has 10 heteroatoms. The van der Waals surface area contributed by atoms with E-state index in [2.05, 4.69) is 23.5 Å². The third-order valence-electron chi connectivity index (χ3n) is 6.71. The van der Waals surface area contributed by atoms with Crippen LogP contribution in [0.4, 0.5) is 5.69 Å². The Bertz CT molecular complexity index is 935. The fraction of sp³-hybridized carbons (Fsp3) is 0.708. The first kappa shape index (κ1) is 26.7. The van der Waals surface area contributed by atoms with Crippen molar-refractivity contribution < 1.29 is 27.4 Å². The molecular weight excluding hydrogens is 458 g/mol. The third kappa shape index (κ3) is 7.31. The molecule has 3 atom stereocenters. The van der Waals surface area contributed by atoms with Gasteiger partial charge in [0.1, 0.15) is 12.4 Å². The van der Waals surface area contributed by atoms with Gasteiger partial charge in [0.05, 0.1) is 17.9 Å². The van der Waals surface area contributed by atoms with E-state index in [0.717, 1.165) is 45.4 Å². The smallest absolute Gasteiger partial charge is 0.257 e. The normalized spacial score (nSPS) is 26.2. The van der Waals surface area contributed by atoms with Crippen molar-refractivity contribution in [3.63, 3.8) is 0 Å². The number of rotatable bonds is 5. The maximum Gasteiger partial charge on any atom is 0.257 e. The van der Waals surface area contributed by atoms with Crippen LogP contribution in [0.2, 0.25) is 0 Å². The van der Waals surface area contributed by atoms with Crippen LogP contribution in [0, 0.1) is 11.8 Å². The monoisotopic (exact) mass is 497 g/mol. The van der Waals surface area contributed by atoms with E-state index in [9.17, 15) is 13.2 Å². The number of ether oxygens (including phenoxy) is 3. The second-order valence-corrected chi connectivity index (χ2v) is 11.4. The first-order valence-electron chi connectivity index (χ1n) is 11.9. The molecular formula is C24H39N3O6S. The highest BCUT2D eigenvalue weighted by Crippen LogP contribution is 2.27. The van der Waals surface area contributed by atoms with Crippen LogP contribution in [0.5, 0.6) is 5.75 Å². The fourth-order valence-corrected chi connectivity index (χ4v) is 5.20. The number of hydrogen-bond donors (Lipinski definition) is 1. The molecule has 0 spiro atoms. The van der Waals surface area contributed by atoms with Crippen LogP contribution in [0.15, 0.2) is 18.2 Å². The van der Waals surface area contributed by atoms with Crippen molar-refractivity contribution in [1.82, 2.24) is 9.80 Å². The van der Waals surface area contributed by atoms with Gasteiger partial charge >= 0.3 is 0 Å². The molecule has 192 valence electrons. The molecule has 3 rings (SSSR count). The van der Waals surface area contributed by atoms with Crippen molar-refractivity contribution in [3.8, 4) is 5.75 Å². The average Bonchev–Trinajstić information content (AvgIpc) is 2.79. The number of carbonyl (C=O) groups excluding carboxylic acids is 1. The number of sulfonamides is 1. The molecule has 0 radical (unpaired) electrons. The number of amides is 1. The lowest BCUT2D eigenvalue weighted by Crippen LogP contribution is -2.48. The van der Waals surface area contributed by atoms with Crippen LogP contribution >= 0.6 is 0 Å². The summed E-state index contributed by atoms with van der Waals surface area (Å²) in [5.74, 6) is 0.975. The van der Waals surface area contributed by atoms with Crippen LogP contribution < -0.4 is 9.46 Å². The number of likely N-dealkylation sites (N-methyl/N-ethyl adjacent to an activating group) is 1. The molecule has 9 nitrogen and oxygen atoms in total. The number of hydrogen-bond acceptors (Lipinski definition) is 7. The van der Waals surface area contributed by atoms with Crippen LogP contribution in [-0.4, -0.2) is 96.1 Å². The van der Waals surface area contributed by atoms with Crippen LogP contribution in [-0.2, 0) is 19.5 Å². The molecule has 34 heavy (non-hydrogen) atoms. The van der Waals surface area contributed by atoms with Gasteiger partial charge in [0, 0.05) is 58.7 Å². The van der Waals surface area contributed by atoms with Crippen molar-refractivity contribution in [2.75, 3.05) is 64.6 Å². The third-order valence-corrected chi connectivity index (χ3v) is 7.32. The molecule has 1 aromatic carbocycles. The zero-order chi connectivity index (χ0) is 24.9. The Kier molecular flexibility index (Phi) is 9.20. The first-order valence-corrected chi connectivity index (χ1v) is 13.8. The lowest BCUT2D eigenvalue weighted by molar-refractivity contribution is 0.0000232. The number of carbonyl (C=O) groups is 1. The zero-order valence-electron chi connectivity index (χ0n) is 21.0. The standard InChI is InChI=1S/C24H39N3O6S/c1-17-13-27(14-19-8-10-32-11-9-19)18(2)16-33-22-7-6-20(25-34(5,29)30)12-21(22)24(28)26(3)15-23(17)31-4/h6-7,12,17-19,23,25H,8-11,13-16H2,1-5H3/t17-,18+,23+/m1/s1. The highest BCUT2D eigenvalue weighted by atomic mass is 32.2. The predicted molar refractivity (Wildman–Crippen MR) is 132 cm³/mol. The fourth-order valence-electron chi connectivity index (χ4n) is 4.64. The van der Waals surface area contributed by atoms with Crippen LogP contribution in [0.3, 0.4) is 0 Å². The molecule has 2 aliphatic heterocycles. The molecule has 0 aromatic heterocycles. The zero-order valence-corrected chi connectivity index (χ0v) is 21.8. The van der Waals surface area contributed by atoms with E-state index in [1.54, 1.807) is 31.2 Å². The summed E-state index contributed by atoms with van der Waals surface area (Å²) in [6.45, 7) is 8.56. The maximum absolute atomic E-state index is 13.3. The maximum atomic E-state index is 13.3. The summed E-state index contributed by atoms with van der Waals surface area (Å²) >= 11 is 0. The lowest BCUT2D eigenvalue weighted by atomic mass is 9.96. The molecule has 1 amide bonds. The van der Waals surface area contributed by atoms with Gasteiger partial charge in [-0.3, -0.25) is 14.4 Å². The molecule has 1 aromatic rings. The van der Waals surface area contributed by atoms with Gasteiger partial charge in [0.25, 0.3) is 5.91 Å². The summed E-state index contributed by atoms with van der Waals surface area (Å²) in [5.41, 5.74) is 0.645. The summed E-state index contributed by atoms with van der Waals surface area (Å²) in [6.07, 6.45) is 3.06. The number of nitrogens with one attached hydrogen (secondary N) is 1. The second-order valence-electron chi connectivity index (χ2n) is 9.69. The molecule has 2 aliphatic rings. The highest BCUT2D eigenvalue weighted by Gasteiger charge is 2.30. The molecule has 0 saturated carbocycles. The van der Waals surface area contributed by atoms with E-state index in [4.69, 9.17) is 14.2 Å².